The second kappa shape index (κ2) is 9.57. The number of anilines is 3. The van der Waals surface area contributed by atoms with Gasteiger partial charge in [-0.15, -0.1) is 0 Å². The quantitative estimate of drug-likeness (QED) is 0.679. The molecule has 0 heterocycles. The number of rotatable bonds is 8. The summed E-state index contributed by atoms with van der Waals surface area (Å²) in [6, 6.07) is 13.3. The zero-order valence-electron chi connectivity index (χ0n) is 15.6. The number of amides is 2. The summed E-state index contributed by atoms with van der Waals surface area (Å²) < 4.78 is 25.4. The van der Waals surface area contributed by atoms with Gasteiger partial charge in [0.25, 0.3) is 0 Å². The van der Waals surface area contributed by atoms with E-state index in [0.29, 0.717) is 28.5 Å². The fourth-order valence-electron chi connectivity index (χ4n) is 2.58. The van der Waals surface area contributed by atoms with Gasteiger partial charge in [0.15, 0.2) is 0 Å². The van der Waals surface area contributed by atoms with Crippen molar-refractivity contribution in [2.75, 3.05) is 27.7 Å². The number of benzene rings is 2. The number of carbonyl (C=O) groups is 2. The molecule has 0 radical (unpaired) electrons. The minimum atomic E-state index is -3.49. The zero-order valence-corrected chi connectivity index (χ0v) is 17.2. The number of halogens is 1. The highest BCUT2D eigenvalue weighted by Crippen LogP contribution is 2.21. The average Bonchev–Trinajstić information content (AvgIpc) is 2.58. The van der Waals surface area contributed by atoms with Gasteiger partial charge in [0, 0.05) is 36.3 Å². The fraction of sp³-hybridized carbons (Fsp3) is 0.263. The Morgan fingerprint density at radius 1 is 1.04 bits per heavy atom. The Morgan fingerprint density at radius 2 is 1.64 bits per heavy atom. The van der Waals surface area contributed by atoms with E-state index in [0.717, 1.165) is 6.26 Å². The molecule has 2 rings (SSSR count). The Morgan fingerprint density at radius 3 is 2.21 bits per heavy atom. The van der Waals surface area contributed by atoms with E-state index in [-0.39, 0.29) is 24.8 Å². The van der Waals surface area contributed by atoms with Gasteiger partial charge >= 0.3 is 0 Å². The van der Waals surface area contributed by atoms with Crippen LogP contribution in [0.4, 0.5) is 17.1 Å². The van der Waals surface area contributed by atoms with Gasteiger partial charge in [0.05, 0.1) is 11.9 Å². The highest BCUT2D eigenvalue weighted by molar-refractivity contribution is 7.92. The Balaban J connectivity index is 1.94. The van der Waals surface area contributed by atoms with Crippen LogP contribution < -0.4 is 14.9 Å². The molecule has 2 N–H and O–H groups in total. The van der Waals surface area contributed by atoms with Crippen molar-refractivity contribution in [2.24, 2.45) is 0 Å². The van der Waals surface area contributed by atoms with E-state index < -0.39 is 10.0 Å². The summed E-state index contributed by atoms with van der Waals surface area (Å²) in [7, 11) is -3.49. The predicted molar refractivity (Wildman–Crippen MR) is 112 cm³/mol. The van der Waals surface area contributed by atoms with Crippen molar-refractivity contribution in [1.82, 2.24) is 0 Å². The van der Waals surface area contributed by atoms with Gasteiger partial charge in [0.1, 0.15) is 0 Å². The number of nitrogens with one attached hydrogen (secondary N) is 2. The SMILES string of the molecule is CC(=O)Nc1cccc(NC(=O)CCCN(c2ccc(Cl)cc2)S(C)(=O)=O)c1. The summed E-state index contributed by atoms with van der Waals surface area (Å²) in [5.41, 5.74) is 1.63. The third-order valence-corrected chi connectivity index (χ3v) is 5.19. The number of carbonyl (C=O) groups excluding carboxylic acids is 2. The second-order valence-electron chi connectivity index (χ2n) is 6.23. The Hall–Kier alpha value is -2.58. The number of nitrogens with zero attached hydrogens (tertiary/aromatic N) is 1. The highest BCUT2D eigenvalue weighted by atomic mass is 35.5. The first kappa shape index (κ1) is 21.7. The van der Waals surface area contributed by atoms with Crippen molar-refractivity contribution in [1.29, 1.82) is 0 Å². The molecule has 0 atom stereocenters. The van der Waals surface area contributed by atoms with Gasteiger partial charge in [-0.05, 0) is 48.9 Å². The molecule has 0 unspecified atom stereocenters. The minimum absolute atomic E-state index is 0.143. The molecule has 0 spiro atoms. The van der Waals surface area contributed by atoms with Crippen molar-refractivity contribution >= 4 is 50.5 Å². The van der Waals surface area contributed by atoms with Crippen molar-refractivity contribution in [3.8, 4) is 0 Å². The van der Waals surface area contributed by atoms with Crippen molar-refractivity contribution < 1.29 is 18.0 Å². The van der Waals surface area contributed by atoms with E-state index in [2.05, 4.69) is 10.6 Å². The molecule has 0 aromatic heterocycles. The van der Waals surface area contributed by atoms with Crippen LogP contribution in [0, 0.1) is 0 Å². The van der Waals surface area contributed by atoms with Crippen LogP contribution in [-0.2, 0) is 19.6 Å². The topological polar surface area (TPSA) is 95.6 Å². The van der Waals surface area contributed by atoms with Gasteiger partial charge in [-0.1, -0.05) is 17.7 Å². The molecule has 0 aliphatic heterocycles. The maximum Gasteiger partial charge on any atom is 0.232 e. The summed E-state index contributed by atoms with van der Waals surface area (Å²) >= 11 is 5.85. The molecule has 0 aliphatic rings. The lowest BCUT2D eigenvalue weighted by atomic mass is 10.2. The highest BCUT2D eigenvalue weighted by Gasteiger charge is 2.17. The van der Waals surface area contributed by atoms with Crippen LogP contribution in [-0.4, -0.2) is 33.0 Å². The smallest absolute Gasteiger partial charge is 0.232 e. The van der Waals surface area contributed by atoms with Crippen LogP contribution in [0.1, 0.15) is 19.8 Å². The second-order valence-corrected chi connectivity index (χ2v) is 8.57. The first-order valence-electron chi connectivity index (χ1n) is 8.56. The monoisotopic (exact) mass is 423 g/mol. The zero-order chi connectivity index (χ0) is 20.7. The van der Waals surface area contributed by atoms with Crippen LogP contribution in [0.5, 0.6) is 0 Å². The minimum Gasteiger partial charge on any atom is -0.326 e. The van der Waals surface area contributed by atoms with Gasteiger partial charge in [-0.2, -0.15) is 0 Å². The van der Waals surface area contributed by atoms with Crippen LogP contribution in [0.3, 0.4) is 0 Å². The summed E-state index contributed by atoms with van der Waals surface area (Å²) in [5, 5.41) is 5.89. The lowest BCUT2D eigenvalue weighted by molar-refractivity contribution is -0.116. The van der Waals surface area contributed by atoms with Crippen molar-refractivity contribution in [2.45, 2.75) is 19.8 Å². The van der Waals surface area contributed by atoms with E-state index >= 15 is 0 Å². The van der Waals surface area contributed by atoms with E-state index in [1.54, 1.807) is 48.5 Å². The molecule has 9 heteroatoms. The molecule has 0 bridgehead atoms. The lowest BCUT2D eigenvalue weighted by Gasteiger charge is -2.22. The maximum atomic E-state index is 12.2. The van der Waals surface area contributed by atoms with Crippen LogP contribution in [0.25, 0.3) is 0 Å². The largest absolute Gasteiger partial charge is 0.326 e. The van der Waals surface area contributed by atoms with Gasteiger partial charge in [-0.25, -0.2) is 8.42 Å². The predicted octanol–water partition coefficient (Wildman–Crippen LogP) is 3.48. The molecule has 28 heavy (non-hydrogen) atoms. The number of sulfonamides is 1. The van der Waals surface area contributed by atoms with E-state index in [1.165, 1.54) is 11.2 Å². The third kappa shape index (κ3) is 6.86. The maximum absolute atomic E-state index is 12.2. The molecule has 7 nitrogen and oxygen atoms in total. The molecule has 150 valence electrons. The average molecular weight is 424 g/mol. The van der Waals surface area contributed by atoms with Crippen LogP contribution in [0.15, 0.2) is 48.5 Å². The van der Waals surface area contributed by atoms with Gasteiger partial charge in [-0.3, -0.25) is 13.9 Å². The molecule has 0 aliphatic carbocycles. The molecule has 0 fully saturated rings. The first-order valence-corrected chi connectivity index (χ1v) is 10.8. The molecule has 2 aromatic carbocycles. The van der Waals surface area contributed by atoms with Crippen LogP contribution >= 0.6 is 11.6 Å². The molecular formula is C19H22ClN3O4S. The number of hydrogen-bond donors (Lipinski definition) is 2. The van der Waals surface area contributed by atoms with Crippen LogP contribution in [0.2, 0.25) is 5.02 Å². The first-order chi connectivity index (χ1) is 13.1. The molecule has 0 saturated heterocycles. The van der Waals surface area contributed by atoms with E-state index in [4.69, 9.17) is 11.6 Å². The van der Waals surface area contributed by atoms with E-state index in [1.807, 2.05) is 0 Å². The summed E-state index contributed by atoms with van der Waals surface area (Å²) in [4.78, 5) is 23.3. The van der Waals surface area contributed by atoms with Crippen molar-refractivity contribution in [3.63, 3.8) is 0 Å². The van der Waals surface area contributed by atoms with E-state index in [9.17, 15) is 18.0 Å². The summed E-state index contributed by atoms with van der Waals surface area (Å²) in [5.74, 6) is -0.448. The fourth-order valence-corrected chi connectivity index (χ4v) is 3.67. The molecule has 2 aromatic rings. The van der Waals surface area contributed by atoms with Gasteiger partial charge in [0.2, 0.25) is 21.8 Å². The Bertz CT molecular complexity index is 946. The lowest BCUT2D eigenvalue weighted by Crippen LogP contribution is -2.31. The summed E-state index contributed by atoms with van der Waals surface area (Å²) in [6.07, 6.45) is 1.60. The Labute approximate surface area is 169 Å². The standard InChI is InChI=1S/C19H22ClN3O4S/c1-14(24)21-16-5-3-6-17(13-16)22-19(25)7-4-12-23(28(2,26)27)18-10-8-15(20)9-11-18/h3,5-6,8-11,13H,4,7,12H2,1-2H3,(H,21,24)(H,22,25). The third-order valence-electron chi connectivity index (χ3n) is 3.75. The van der Waals surface area contributed by atoms with Crippen molar-refractivity contribution in [3.05, 3.63) is 53.6 Å². The van der Waals surface area contributed by atoms with Gasteiger partial charge < -0.3 is 10.6 Å². The normalized spacial score (nSPS) is 11.0. The summed E-state index contributed by atoms with van der Waals surface area (Å²) in [6.45, 7) is 1.57. The molecular weight excluding hydrogens is 402 g/mol. The Kier molecular flexibility index (Phi) is 7.42. The number of hydrogen-bond acceptors (Lipinski definition) is 4. The molecule has 0 saturated carbocycles. The molecule has 2 amide bonds.